The fourth-order valence-electron chi connectivity index (χ4n) is 3.05. The summed E-state index contributed by atoms with van der Waals surface area (Å²) in [6.45, 7) is 2.75. The van der Waals surface area contributed by atoms with Gasteiger partial charge in [0.2, 0.25) is 0 Å². The minimum atomic E-state index is -0.0777. The van der Waals surface area contributed by atoms with Crippen molar-refractivity contribution in [1.29, 1.82) is 0 Å². The first-order chi connectivity index (χ1) is 12.2. The molecule has 128 valence electrons. The van der Waals surface area contributed by atoms with Crippen LogP contribution in [0.25, 0.3) is 11.5 Å². The molecule has 1 unspecified atom stereocenters. The minimum absolute atomic E-state index is 0.0777. The van der Waals surface area contributed by atoms with E-state index in [4.69, 9.17) is 0 Å². The monoisotopic (exact) mass is 354 g/mol. The Kier molecular flexibility index (Phi) is 4.27. The summed E-state index contributed by atoms with van der Waals surface area (Å²) < 4.78 is 2.13. The van der Waals surface area contributed by atoms with Gasteiger partial charge in [0.05, 0.1) is 10.6 Å². The Morgan fingerprint density at radius 3 is 3.04 bits per heavy atom. The van der Waals surface area contributed by atoms with Gasteiger partial charge in [-0.1, -0.05) is 0 Å². The van der Waals surface area contributed by atoms with Gasteiger partial charge in [-0.25, -0.2) is 4.98 Å². The highest BCUT2D eigenvalue weighted by Crippen LogP contribution is 2.24. The number of rotatable bonds is 3. The second-order valence-corrected chi connectivity index (χ2v) is 7.14. The number of hydrogen-bond donors (Lipinski definition) is 1. The third kappa shape index (κ3) is 3.30. The molecule has 7 nitrogen and oxygen atoms in total. The molecule has 8 heteroatoms. The molecule has 0 bridgehead atoms. The first kappa shape index (κ1) is 15.9. The lowest BCUT2D eigenvalue weighted by Gasteiger charge is -2.16. The number of amides is 1. The fraction of sp³-hybridized carbons (Fsp3) is 0.353. The summed E-state index contributed by atoms with van der Waals surface area (Å²) in [6.07, 6.45) is 5.72. The SMILES string of the molecule is Cc1nc(-c2nnc3n2CCC(NC(=O)c2cccnc2)CC3)cs1. The van der Waals surface area contributed by atoms with Crippen molar-refractivity contribution in [3.8, 4) is 11.5 Å². The van der Waals surface area contributed by atoms with Gasteiger partial charge in [-0.2, -0.15) is 0 Å². The zero-order chi connectivity index (χ0) is 17.2. The Morgan fingerprint density at radius 2 is 2.28 bits per heavy atom. The van der Waals surface area contributed by atoms with E-state index < -0.39 is 0 Å². The predicted molar refractivity (Wildman–Crippen MR) is 94.3 cm³/mol. The van der Waals surface area contributed by atoms with Gasteiger partial charge in [0.1, 0.15) is 11.5 Å². The molecule has 1 aliphatic rings. The number of thiazole rings is 1. The molecular weight excluding hydrogens is 336 g/mol. The Bertz CT molecular complexity index is 888. The summed E-state index contributed by atoms with van der Waals surface area (Å²) in [5, 5.41) is 14.8. The highest BCUT2D eigenvalue weighted by molar-refractivity contribution is 7.09. The van der Waals surface area contributed by atoms with E-state index in [9.17, 15) is 4.79 Å². The van der Waals surface area contributed by atoms with Gasteiger partial charge in [0, 0.05) is 36.8 Å². The number of aromatic nitrogens is 5. The molecule has 1 atom stereocenters. The van der Waals surface area contributed by atoms with Crippen LogP contribution in [0.2, 0.25) is 0 Å². The number of hydrogen-bond acceptors (Lipinski definition) is 6. The van der Waals surface area contributed by atoms with E-state index in [-0.39, 0.29) is 11.9 Å². The molecule has 0 saturated carbocycles. The molecule has 25 heavy (non-hydrogen) atoms. The van der Waals surface area contributed by atoms with Crippen molar-refractivity contribution in [3.05, 3.63) is 46.3 Å². The van der Waals surface area contributed by atoms with Gasteiger partial charge < -0.3 is 9.88 Å². The fourth-order valence-corrected chi connectivity index (χ4v) is 3.64. The molecule has 3 aromatic rings. The van der Waals surface area contributed by atoms with Crippen LogP contribution in [0, 0.1) is 6.92 Å². The summed E-state index contributed by atoms with van der Waals surface area (Å²) in [5.41, 5.74) is 1.46. The average molecular weight is 354 g/mol. The van der Waals surface area contributed by atoms with Crippen LogP contribution >= 0.6 is 11.3 Å². The first-order valence-corrected chi connectivity index (χ1v) is 9.14. The van der Waals surface area contributed by atoms with E-state index in [0.717, 1.165) is 48.2 Å². The summed E-state index contributed by atoms with van der Waals surface area (Å²) in [7, 11) is 0. The van der Waals surface area contributed by atoms with E-state index >= 15 is 0 Å². The Morgan fingerprint density at radius 1 is 1.36 bits per heavy atom. The van der Waals surface area contributed by atoms with Gasteiger partial charge in [0.25, 0.3) is 5.91 Å². The normalized spacial score (nSPS) is 16.9. The van der Waals surface area contributed by atoms with Crippen LogP contribution in [0.4, 0.5) is 0 Å². The maximum atomic E-state index is 12.3. The molecule has 4 rings (SSSR count). The largest absolute Gasteiger partial charge is 0.349 e. The van der Waals surface area contributed by atoms with E-state index in [1.807, 2.05) is 12.3 Å². The lowest BCUT2D eigenvalue weighted by molar-refractivity contribution is 0.0932. The van der Waals surface area contributed by atoms with Gasteiger partial charge in [0.15, 0.2) is 5.82 Å². The topological polar surface area (TPSA) is 85.6 Å². The molecule has 0 saturated heterocycles. The van der Waals surface area contributed by atoms with Gasteiger partial charge in [-0.3, -0.25) is 9.78 Å². The van der Waals surface area contributed by atoms with E-state index in [1.165, 1.54) is 0 Å². The molecular formula is C17H18N6OS. The maximum Gasteiger partial charge on any atom is 0.253 e. The summed E-state index contributed by atoms with van der Waals surface area (Å²) >= 11 is 1.61. The minimum Gasteiger partial charge on any atom is -0.349 e. The van der Waals surface area contributed by atoms with Crippen molar-refractivity contribution < 1.29 is 4.79 Å². The maximum absolute atomic E-state index is 12.3. The van der Waals surface area contributed by atoms with Crippen molar-refractivity contribution in [2.75, 3.05) is 0 Å². The number of fused-ring (bicyclic) bond motifs is 1. The highest BCUT2D eigenvalue weighted by Gasteiger charge is 2.23. The summed E-state index contributed by atoms with van der Waals surface area (Å²) in [4.78, 5) is 20.8. The highest BCUT2D eigenvalue weighted by atomic mass is 32.1. The average Bonchev–Trinajstić information content (AvgIpc) is 3.18. The summed E-state index contributed by atoms with van der Waals surface area (Å²) in [6, 6.07) is 3.65. The smallest absolute Gasteiger partial charge is 0.253 e. The molecule has 0 fully saturated rings. The third-order valence-corrected chi connectivity index (χ3v) is 5.13. The van der Waals surface area contributed by atoms with Crippen LogP contribution in [-0.4, -0.2) is 36.7 Å². The van der Waals surface area contributed by atoms with E-state index in [2.05, 4.69) is 30.0 Å². The van der Waals surface area contributed by atoms with Crippen molar-refractivity contribution >= 4 is 17.2 Å². The van der Waals surface area contributed by atoms with E-state index in [1.54, 1.807) is 35.9 Å². The van der Waals surface area contributed by atoms with Crippen LogP contribution in [-0.2, 0) is 13.0 Å². The Hall–Kier alpha value is -2.61. The molecule has 4 heterocycles. The zero-order valence-corrected chi connectivity index (χ0v) is 14.7. The van der Waals surface area contributed by atoms with Crippen molar-refractivity contribution in [2.24, 2.45) is 0 Å². The van der Waals surface area contributed by atoms with Gasteiger partial charge >= 0.3 is 0 Å². The van der Waals surface area contributed by atoms with Gasteiger partial charge in [-0.15, -0.1) is 21.5 Å². The number of carbonyl (C=O) groups is 1. The molecule has 1 N–H and O–H groups in total. The van der Waals surface area contributed by atoms with Crippen LogP contribution < -0.4 is 5.32 Å². The quantitative estimate of drug-likeness (QED) is 0.780. The first-order valence-electron chi connectivity index (χ1n) is 8.26. The molecule has 1 amide bonds. The van der Waals surface area contributed by atoms with Gasteiger partial charge in [-0.05, 0) is 31.9 Å². The predicted octanol–water partition coefficient (Wildman–Crippen LogP) is 2.24. The lowest BCUT2D eigenvalue weighted by Crippen LogP contribution is -2.35. The Balaban J connectivity index is 1.47. The standard InChI is InChI=1S/C17H18N6OS/c1-11-19-14(10-25-11)16-22-21-15-5-4-13(6-8-23(15)16)20-17(24)12-3-2-7-18-9-12/h2-3,7,9-10,13H,4-6,8H2,1H3,(H,20,24). The van der Waals surface area contributed by atoms with Crippen LogP contribution in [0.5, 0.6) is 0 Å². The molecule has 0 radical (unpaired) electrons. The zero-order valence-electron chi connectivity index (χ0n) is 13.8. The molecule has 0 aliphatic carbocycles. The molecule has 0 spiro atoms. The number of nitrogens with one attached hydrogen (secondary N) is 1. The molecule has 1 aliphatic heterocycles. The van der Waals surface area contributed by atoms with Crippen LogP contribution in [0.15, 0.2) is 29.9 Å². The number of pyridine rings is 1. The van der Waals surface area contributed by atoms with Crippen molar-refractivity contribution in [1.82, 2.24) is 30.0 Å². The van der Waals surface area contributed by atoms with Crippen molar-refractivity contribution in [2.45, 2.75) is 38.8 Å². The number of nitrogens with zero attached hydrogens (tertiary/aromatic N) is 5. The number of carbonyl (C=O) groups excluding carboxylic acids is 1. The molecule has 0 aromatic carbocycles. The molecule has 3 aromatic heterocycles. The summed E-state index contributed by atoms with van der Waals surface area (Å²) in [5.74, 6) is 1.70. The second-order valence-electron chi connectivity index (χ2n) is 6.08. The van der Waals surface area contributed by atoms with Crippen molar-refractivity contribution in [3.63, 3.8) is 0 Å². The van der Waals surface area contributed by atoms with Crippen LogP contribution in [0.3, 0.4) is 0 Å². The Labute approximate surface area is 149 Å². The second kappa shape index (κ2) is 6.72. The van der Waals surface area contributed by atoms with Crippen LogP contribution in [0.1, 0.15) is 34.0 Å². The third-order valence-electron chi connectivity index (χ3n) is 4.35. The number of aryl methyl sites for hydroxylation is 2. The van der Waals surface area contributed by atoms with E-state index in [0.29, 0.717) is 5.56 Å². The lowest BCUT2D eigenvalue weighted by atomic mass is 10.1.